The standard InChI is InChI=1S/C15H14BrCl2NO/c1-9(19)6-10-2-4-14(12(16)7-10)20-15-5-3-11(17)8-13(15)18/h2-5,7-9H,6,19H2,1H3. The zero-order valence-corrected chi connectivity index (χ0v) is 14.0. The molecule has 0 amide bonds. The Morgan fingerprint density at radius 2 is 1.85 bits per heavy atom. The van der Waals surface area contributed by atoms with Crippen LogP contribution in [0.5, 0.6) is 11.5 Å². The number of rotatable bonds is 4. The molecule has 0 aliphatic heterocycles. The van der Waals surface area contributed by atoms with Crippen LogP contribution in [0.4, 0.5) is 0 Å². The van der Waals surface area contributed by atoms with E-state index in [1.165, 1.54) is 0 Å². The molecule has 0 aromatic heterocycles. The molecule has 106 valence electrons. The second-order valence-corrected chi connectivity index (χ2v) is 6.32. The normalized spacial score (nSPS) is 12.2. The van der Waals surface area contributed by atoms with Gasteiger partial charge in [-0.05, 0) is 65.2 Å². The molecule has 0 saturated heterocycles. The predicted molar refractivity (Wildman–Crippen MR) is 88.0 cm³/mol. The summed E-state index contributed by atoms with van der Waals surface area (Å²) in [5.41, 5.74) is 6.95. The second kappa shape index (κ2) is 6.81. The third kappa shape index (κ3) is 4.13. The predicted octanol–water partition coefficient (Wildman–Crippen LogP) is 5.44. The van der Waals surface area contributed by atoms with Gasteiger partial charge in [0.1, 0.15) is 11.5 Å². The van der Waals surface area contributed by atoms with Gasteiger partial charge in [0.2, 0.25) is 0 Å². The van der Waals surface area contributed by atoms with Crippen molar-refractivity contribution in [2.24, 2.45) is 5.73 Å². The number of halogens is 3. The Morgan fingerprint density at radius 3 is 2.45 bits per heavy atom. The first-order valence-corrected chi connectivity index (χ1v) is 7.67. The van der Waals surface area contributed by atoms with Crippen molar-refractivity contribution in [2.75, 3.05) is 0 Å². The Morgan fingerprint density at radius 1 is 1.15 bits per heavy atom. The molecule has 0 heterocycles. The van der Waals surface area contributed by atoms with Crippen molar-refractivity contribution in [1.29, 1.82) is 0 Å². The zero-order chi connectivity index (χ0) is 14.7. The minimum absolute atomic E-state index is 0.124. The molecule has 0 radical (unpaired) electrons. The molecule has 0 saturated carbocycles. The molecule has 0 fully saturated rings. The number of hydrogen-bond donors (Lipinski definition) is 1. The number of benzene rings is 2. The topological polar surface area (TPSA) is 35.2 Å². The first-order chi connectivity index (χ1) is 9.45. The highest BCUT2D eigenvalue weighted by Crippen LogP contribution is 2.35. The van der Waals surface area contributed by atoms with E-state index in [4.69, 9.17) is 33.7 Å². The van der Waals surface area contributed by atoms with Gasteiger partial charge in [-0.25, -0.2) is 0 Å². The van der Waals surface area contributed by atoms with Crippen molar-refractivity contribution in [3.05, 3.63) is 56.5 Å². The molecule has 2 N–H and O–H groups in total. The van der Waals surface area contributed by atoms with Gasteiger partial charge in [0.05, 0.1) is 9.50 Å². The SMILES string of the molecule is CC(N)Cc1ccc(Oc2ccc(Cl)cc2Cl)c(Br)c1. The van der Waals surface area contributed by atoms with Crippen molar-refractivity contribution in [1.82, 2.24) is 0 Å². The molecule has 2 nitrogen and oxygen atoms in total. The minimum atomic E-state index is 0.124. The van der Waals surface area contributed by atoms with Gasteiger partial charge < -0.3 is 10.5 Å². The summed E-state index contributed by atoms with van der Waals surface area (Å²) in [7, 11) is 0. The molecule has 5 heteroatoms. The van der Waals surface area contributed by atoms with Crippen LogP contribution in [0.1, 0.15) is 12.5 Å². The first-order valence-electron chi connectivity index (χ1n) is 6.12. The van der Waals surface area contributed by atoms with E-state index in [0.717, 1.165) is 16.5 Å². The second-order valence-electron chi connectivity index (χ2n) is 4.62. The molecule has 0 bridgehead atoms. The maximum atomic E-state index is 6.09. The lowest BCUT2D eigenvalue weighted by Gasteiger charge is -2.11. The van der Waals surface area contributed by atoms with E-state index in [1.807, 2.05) is 25.1 Å². The van der Waals surface area contributed by atoms with E-state index < -0.39 is 0 Å². The Kier molecular flexibility index (Phi) is 5.33. The van der Waals surface area contributed by atoms with Crippen LogP contribution in [0, 0.1) is 0 Å². The van der Waals surface area contributed by atoms with E-state index in [0.29, 0.717) is 21.5 Å². The number of ether oxygens (including phenoxy) is 1. The lowest BCUT2D eigenvalue weighted by atomic mass is 10.1. The summed E-state index contributed by atoms with van der Waals surface area (Å²) in [6.45, 7) is 1.98. The molecule has 2 aromatic carbocycles. The summed E-state index contributed by atoms with van der Waals surface area (Å²) in [6.07, 6.45) is 0.820. The summed E-state index contributed by atoms with van der Waals surface area (Å²) in [5, 5.41) is 1.05. The lowest BCUT2D eigenvalue weighted by molar-refractivity contribution is 0.479. The average molecular weight is 375 g/mol. The van der Waals surface area contributed by atoms with Crippen molar-refractivity contribution in [3.63, 3.8) is 0 Å². The van der Waals surface area contributed by atoms with Crippen LogP contribution in [0.15, 0.2) is 40.9 Å². The Labute approximate surface area is 137 Å². The summed E-state index contributed by atoms with van der Waals surface area (Å²) in [5.74, 6) is 1.26. The minimum Gasteiger partial charge on any atom is -0.455 e. The highest BCUT2D eigenvalue weighted by atomic mass is 79.9. The van der Waals surface area contributed by atoms with Gasteiger partial charge in [-0.2, -0.15) is 0 Å². The molecule has 20 heavy (non-hydrogen) atoms. The van der Waals surface area contributed by atoms with Crippen LogP contribution in [-0.2, 0) is 6.42 Å². The third-order valence-corrected chi connectivity index (χ3v) is 3.82. The molecule has 2 aromatic rings. The van der Waals surface area contributed by atoms with Gasteiger partial charge in [0, 0.05) is 11.1 Å². The number of hydrogen-bond acceptors (Lipinski definition) is 2. The van der Waals surface area contributed by atoms with Gasteiger partial charge in [0.25, 0.3) is 0 Å². The fourth-order valence-electron chi connectivity index (χ4n) is 1.80. The largest absolute Gasteiger partial charge is 0.455 e. The van der Waals surface area contributed by atoms with Crippen molar-refractivity contribution < 1.29 is 4.74 Å². The molecule has 1 atom stereocenters. The molecular weight excluding hydrogens is 361 g/mol. The summed E-state index contributed by atoms with van der Waals surface area (Å²) in [6, 6.07) is 11.1. The molecular formula is C15H14BrCl2NO. The highest BCUT2D eigenvalue weighted by Gasteiger charge is 2.08. The fraction of sp³-hybridized carbons (Fsp3) is 0.200. The van der Waals surface area contributed by atoms with Crippen LogP contribution in [0.2, 0.25) is 10.0 Å². The van der Waals surface area contributed by atoms with Crippen molar-refractivity contribution in [2.45, 2.75) is 19.4 Å². The zero-order valence-electron chi connectivity index (χ0n) is 10.9. The molecule has 1 unspecified atom stereocenters. The maximum Gasteiger partial charge on any atom is 0.146 e. The first kappa shape index (κ1) is 15.6. The monoisotopic (exact) mass is 373 g/mol. The quantitative estimate of drug-likeness (QED) is 0.773. The Balaban J connectivity index is 2.21. The van der Waals surface area contributed by atoms with Gasteiger partial charge >= 0.3 is 0 Å². The van der Waals surface area contributed by atoms with Crippen LogP contribution in [0.3, 0.4) is 0 Å². The van der Waals surface area contributed by atoms with E-state index >= 15 is 0 Å². The molecule has 2 rings (SSSR count). The fourth-order valence-corrected chi connectivity index (χ4v) is 2.76. The van der Waals surface area contributed by atoms with E-state index in [-0.39, 0.29) is 6.04 Å². The smallest absolute Gasteiger partial charge is 0.146 e. The van der Waals surface area contributed by atoms with Crippen molar-refractivity contribution >= 4 is 39.1 Å². The van der Waals surface area contributed by atoms with Gasteiger partial charge in [-0.3, -0.25) is 0 Å². The van der Waals surface area contributed by atoms with E-state index in [2.05, 4.69) is 15.9 Å². The maximum absolute atomic E-state index is 6.09. The van der Waals surface area contributed by atoms with Crippen LogP contribution < -0.4 is 10.5 Å². The van der Waals surface area contributed by atoms with Crippen LogP contribution >= 0.6 is 39.1 Å². The molecule has 0 aliphatic rings. The molecule has 0 aliphatic carbocycles. The average Bonchev–Trinajstić information content (AvgIpc) is 2.34. The highest BCUT2D eigenvalue weighted by molar-refractivity contribution is 9.10. The summed E-state index contributed by atoms with van der Waals surface area (Å²) >= 11 is 15.4. The van der Waals surface area contributed by atoms with E-state index in [1.54, 1.807) is 18.2 Å². The van der Waals surface area contributed by atoms with Crippen LogP contribution in [-0.4, -0.2) is 6.04 Å². The van der Waals surface area contributed by atoms with Crippen molar-refractivity contribution in [3.8, 4) is 11.5 Å². The summed E-state index contributed by atoms with van der Waals surface area (Å²) in [4.78, 5) is 0. The third-order valence-electron chi connectivity index (χ3n) is 2.67. The lowest BCUT2D eigenvalue weighted by Crippen LogP contribution is -2.17. The van der Waals surface area contributed by atoms with Gasteiger partial charge in [0.15, 0.2) is 0 Å². The van der Waals surface area contributed by atoms with Crippen LogP contribution in [0.25, 0.3) is 0 Å². The Hall–Kier alpha value is -0.740. The molecule has 0 spiro atoms. The van der Waals surface area contributed by atoms with E-state index in [9.17, 15) is 0 Å². The van der Waals surface area contributed by atoms with Gasteiger partial charge in [-0.15, -0.1) is 0 Å². The van der Waals surface area contributed by atoms with Gasteiger partial charge in [-0.1, -0.05) is 29.3 Å². The number of nitrogens with two attached hydrogens (primary N) is 1. The summed E-state index contributed by atoms with van der Waals surface area (Å²) < 4.78 is 6.65. The Bertz CT molecular complexity index is 617.